The summed E-state index contributed by atoms with van der Waals surface area (Å²) in [5.74, 6) is -0.524. The van der Waals surface area contributed by atoms with E-state index in [1.807, 2.05) is 42.5 Å². The Hall–Kier alpha value is -2.42. The van der Waals surface area contributed by atoms with Crippen LogP contribution in [-0.4, -0.2) is 16.8 Å². The number of rotatable bonds is 5. The summed E-state index contributed by atoms with van der Waals surface area (Å²) in [6, 6.07) is 16.7. The zero-order chi connectivity index (χ0) is 15.2. The smallest absolute Gasteiger partial charge is 0.336 e. The average Bonchev–Trinajstić information content (AvgIpc) is 2.47. The topological polar surface area (TPSA) is 49.7 Å². The lowest BCUT2D eigenvalue weighted by Crippen LogP contribution is -2.11. The summed E-state index contributed by atoms with van der Waals surface area (Å²) < 4.78 is 0. The normalized spacial score (nSPS) is 11.7. The zero-order valence-corrected chi connectivity index (χ0v) is 12.3. The van der Waals surface area contributed by atoms with Crippen LogP contribution >= 0.6 is 0 Å². The fourth-order valence-corrected chi connectivity index (χ4v) is 2.18. The molecule has 0 aromatic heterocycles. The molecule has 0 atom stereocenters. The summed E-state index contributed by atoms with van der Waals surface area (Å²) in [4.78, 5) is 16.1. The van der Waals surface area contributed by atoms with Crippen molar-refractivity contribution in [1.82, 2.24) is 0 Å². The molecule has 0 saturated carbocycles. The summed E-state index contributed by atoms with van der Waals surface area (Å²) in [5, 5.41) is 9.36. The Labute approximate surface area is 125 Å². The standard InChI is InChI=1S/C18H19NO2/c1-13(2)12-17(19-14-8-4-3-5-9-14)15-10-6-7-11-16(15)18(20)21/h3-11,13H,12H2,1-2H3,(H,20,21). The van der Waals surface area contributed by atoms with E-state index in [0.717, 1.165) is 17.8 Å². The number of nitrogens with zero attached hydrogens (tertiary/aromatic N) is 1. The quantitative estimate of drug-likeness (QED) is 0.817. The molecular formula is C18H19NO2. The Kier molecular flexibility index (Phi) is 4.88. The molecule has 0 aliphatic carbocycles. The molecule has 0 fully saturated rings. The van der Waals surface area contributed by atoms with E-state index in [9.17, 15) is 9.90 Å². The number of carboxylic acids is 1. The molecule has 3 nitrogen and oxygen atoms in total. The number of hydrogen-bond acceptors (Lipinski definition) is 2. The first-order valence-corrected chi connectivity index (χ1v) is 7.03. The third kappa shape index (κ3) is 4.02. The van der Waals surface area contributed by atoms with Crippen molar-refractivity contribution in [2.75, 3.05) is 0 Å². The number of para-hydroxylation sites is 1. The molecule has 0 unspecified atom stereocenters. The van der Waals surface area contributed by atoms with Crippen molar-refractivity contribution in [3.8, 4) is 0 Å². The van der Waals surface area contributed by atoms with Gasteiger partial charge in [-0.2, -0.15) is 0 Å². The van der Waals surface area contributed by atoms with Crippen molar-refractivity contribution in [2.45, 2.75) is 20.3 Å². The molecule has 0 heterocycles. The first kappa shape index (κ1) is 15.0. The van der Waals surface area contributed by atoms with Crippen LogP contribution < -0.4 is 0 Å². The lowest BCUT2D eigenvalue weighted by molar-refractivity contribution is 0.0696. The van der Waals surface area contributed by atoms with E-state index in [0.29, 0.717) is 17.0 Å². The molecule has 0 aliphatic rings. The maximum absolute atomic E-state index is 11.4. The molecule has 3 heteroatoms. The van der Waals surface area contributed by atoms with Gasteiger partial charge in [-0.15, -0.1) is 0 Å². The molecular weight excluding hydrogens is 262 g/mol. The number of benzene rings is 2. The minimum Gasteiger partial charge on any atom is -0.478 e. The van der Waals surface area contributed by atoms with Gasteiger partial charge in [0, 0.05) is 11.3 Å². The highest BCUT2D eigenvalue weighted by Crippen LogP contribution is 2.20. The summed E-state index contributed by atoms with van der Waals surface area (Å²) >= 11 is 0. The predicted molar refractivity (Wildman–Crippen MR) is 85.5 cm³/mol. The van der Waals surface area contributed by atoms with E-state index in [2.05, 4.69) is 18.8 Å². The fourth-order valence-electron chi connectivity index (χ4n) is 2.18. The van der Waals surface area contributed by atoms with E-state index < -0.39 is 5.97 Å². The summed E-state index contributed by atoms with van der Waals surface area (Å²) in [7, 11) is 0. The number of aromatic carboxylic acids is 1. The van der Waals surface area contributed by atoms with Crippen molar-refractivity contribution < 1.29 is 9.90 Å². The number of hydrogen-bond donors (Lipinski definition) is 1. The average molecular weight is 281 g/mol. The maximum Gasteiger partial charge on any atom is 0.336 e. The van der Waals surface area contributed by atoms with E-state index in [-0.39, 0.29) is 0 Å². The zero-order valence-electron chi connectivity index (χ0n) is 12.3. The van der Waals surface area contributed by atoms with E-state index in [1.165, 1.54) is 0 Å². The van der Waals surface area contributed by atoms with Crippen LogP contribution in [0.5, 0.6) is 0 Å². The van der Waals surface area contributed by atoms with E-state index >= 15 is 0 Å². The van der Waals surface area contributed by atoms with Gasteiger partial charge in [-0.1, -0.05) is 50.2 Å². The van der Waals surface area contributed by atoms with Gasteiger partial charge in [0.05, 0.1) is 11.3 Å². The molecule has 1 N–H and O–H groups in total. The fraction of sp³-hybridized carbons (Fsp3) is 0.222. The predicted octanol–water partition coefficient (Wildman–Crippen LogP) is 4.55. The molecule has 0 amide bonds. The monoisotopic (exact) mass is 281 g/mol. The van der Waals surface area contributed by atoms with Gasteiger partial charge < -0.3 is 5.11 Å². The number of aliphatic imine (C=N–C) groups is 1. The number of carbonyl (C=O) groups is 1. The van der Waals surface area contributed by atoms with Crippen LogP contribution in [0.3, 0.4) is 0 Å². The van der Waals surface area contributed by atoms with Crippen LogP contribution in [0.25, 0.3) is 0 Å². The Balaban J connectivity index is 2.51. The minimum absolute atomic E-state index is 0.299. The molecule has 2 aromatic rings. The van der Waals surface area contributed by atoms with Crippen LogP contribution in [0.4, 0.5) is 5.69 Å². The highest BCUT2D eigenvalue weighted by Gasteiger charge is 2.15. The largest absolute Gasteiger partial charge is 0.478 e. The Morgan fingerprint density at radius 2 is 1.57 bits per heavy atom. The minimum atomic E-state index is -0.921. The molecule has 108 valence electrons. The van der Waals surface area contributed by atoms with E-state index in [1.54, 1.807) is 12.1 Å². The van der Waals surface area contributed by atoms with Crippen LogP contribution in [0.15, 0.2) is 59.6 Å². The third-order valence-electron chi connectivity index (χ3n) is 3.09. The van der Waals surface area contributed by atoms with Crippen molar-refractivity contribution in [3.05, 3.63) is 65.7 Å². The Bertz CT molecular complexity index is 645. The van der Waals surface area contributed by atoms with Crippen molar-refractivity contribution in [3.63, 3.8) is 0 Å². The van der Waals surface area contributed by atoms with Gasteiger partial charge in [0.25, 0.3) is 0 Å². The summed E-state index contributed by atoms with van der Waals surface area (Å²) in [6.45, 7) is 4.20. The van der Waals surface area contributed by atoms with Gasteiger partial charge in [0.2, 0.25) is 0 Å². The molecule has 2 rings (SSSR count). The van der Waals surface area contributed by atoms with Gasteiger partial charge in [0.15, 0.2) is 0 Å². The second kappa shape index (κ2) is 6.84. The molecule has 0 bridgehead atoms. The first-order valence-electron chi connectivity index (χ1n) is 7.03. The van der Waals surface area contributed by atoms with Gasteiger partial charge in [-0.25, -0.2) is 4.79 Å². The highest BCUT2D eigenvalue weighted by atomic mass is 16.4. The molecule has 2 aromatic carbocycles. The van der Waals surface area contributed by atoms with Gasteiger partial charge in [-0.05, 0) is 30.5 Å². The summed E-state index contributed by atoms with van der Waals surface area (Å²) in [5.41, 5.74) is 2.65. The van der Waals surface area contributed by atoms with E-state index in [4.69, 9.17) is 0 Å². The molecule has 21 heavy (non-hydrogen) atoms. The van der Waals surface area contributed by atoms with Crippen molar-refractivity contribution >= 4 is 17.4 Å². The highest BCUT2D eigenvalue weighted by molar-refractivity contribution is 6.09. The maximum atomic E-state index is 11.4. The molecule has 0 aliphatic heterocycles. The second-order valence-corrected chi connectivity index (χ2v) is 5.34. The SMILES string of the molecule is CC(C)CC(=Nc1ccccc1)c1ccccc1C(=O)O. The first-order chi connectivity index (χ1) is 10.1. The molecule has 0 spiro atoms. The van der Waals surface area contributed by atoms with Crippen LogP contribution in [-0.2, 0) is 0 Å². The second-order valence-electron chi connectivity index (χ2n) is 5.34. The van der Waals surface area contributed by atoms with Gasteiger partial charge in [-0.3, -0.25) is 4.99 Å². The van der Waals surface area contributed by atoms with Crippen LogP contribution in [0.1, 0.15) is 36.2 Å². The van der Waals surface area contributed by atoms with Crippen molar-refractivity contribution in [1.29, 1.82) is 0 Å². The number of carboxylic acid groups (broad SMARTS) is 1. The molecule has 0 radical (unpaired) electrons. The van der Waals surface area contributed by atoms with Crippen molar-refractivity contribution in [2.24, 2.45) is 10.9 Å². The van der Waals surface area contributed by atoms with Crippen LogP contribution in [0, 0.1) is 5.92 Å². The lowest BCUT2D eigenvalue weighted by atomic mass is 9.96. The lowest BCUT2D eigenvalue weighted by Gasteiger charge is -2.12. The Morgan fingerprint density at radius 3 is 2.14 bits per heavy atom. The third-order valence-corrected chi connectivity index (χ3v) is 3.09. The van der Waals surface area contributed by atoms with Gasteiger partial charge >= 0.3 is 5.97 Å². The summed E-state index contributed by atoms with van der Waals surface area (Å²) in [6.07, 6.45) is 0.735. The molecule has 0 saturated heterocycles. The van der Waals surface area contributed by atoms with Crippen LogP contribution in [0.2, 0.25) is 0 Å². The van der Waals surface area contributed by atoms with Gasteiger partial charge in [0.1, 0.15) is 0 Å². The Morgan fingerprint density at radius 1 is 1.00 bits per heavy atom.